The van der Waals surface area contributed by atoms with Crippen molar-refractivity contribution in [1.29, 1.82) is 0 Å². The normalized spacial score (nSPS) is 24.1. The van der Waals surface area contributed by atoms with Gasteiger partial charge in [-0.25, -0.2) is 9.59 Å². The number of aliphatic hydroxyl groups is 2. The molecule has 4 rings (SSSR count). The number of fused-ring (bicyclic) bond motifs is 2. The number of benzene rings is 1. The molecule has 0 spiro atoms. The molecular formula is C45H71N3O9. The van der Waals surface area contributed by atoms with E-state index in [1.807, 2.05) is 19.1 Å². The van der Waals surface area contributed by atoms with Crippen LogP contribution in [-0.2, 0) is 14.3 Å². The minimum absolute atomic E-state index is 0.0502. The van der Waals surface area contributed by atoms with Gasteiger partial charge in [-0.1, -0.05) is 94.9 Å². The van der Waals surface area contributed by atoms with E-state index in [-0.39, 0.29) is 44.0 Å². The number of nitrogens with zero attached hydrogens (tertiary/aromatic N) is 2. The van der Waals surface area contributed by atoms with Crippen molar-refractivity contribution >= 4 is 17.9 Å². The highest BCUT2D eigenvalue weighted by Gasteiger charge is 2.65. The number of nitrogens with one attached hydrogen (secondary N) is 1. The quantitative estimate of drug-likeness (QED) is 0.0474. The Morgan fingerprint density at radius 3 is 2.32 bits per heavy atom. The Hall–Kier alpha value is -3.61. The van der Waals surface area contributed by atoms with Crippen LogP contribution in [0.3, 0.4) is 0 Å². The van der Waals surface area contributed by atoms with Crippen LogP contribution in [0.4, 0.5) is 9.59 Å². The number of ether oxygens (including phenoxy) is 4. The molecule has 0 saturated heterocycles. The van der Waals surface area contributed by atoms with Gasteiger partial charge < -0.3 is 44.2 Å². The number of amides is 2. The van der Waals surface area contributed by atoms with Gasteiger partial charge in [0.25, 0.3) is 0 Å². The maximum atomic E-state index is 14.0. The Morgan fingerprint density at radius 2 is 1.67 bits per heavy atom. The Balaban J connectivity index is 1.72. The molecule has 0 unspecified atom stereocenters. The van der Waals surface area contributed by atoms with Crippen LogP contribution in [0.5, 0.6) is 11.5 Å². The molecule has 1 saturated carbocycles. The second-order valence-corrected chi connectivity index (χ2v) is 15.8. The number of unbranched alkanes of at least 4 members (excludes halogenated alkanes) is 11. The third kappa shape index (κ3) is 12.2. The Labute approximate surface area is 341 Å². The summed E-state index contributed by atoms with van der Waals surface area (Å²) in [4.78, 5) is 33.7. The van der Waals surface area contributed by atoms with Crippen molar-refractivity contribution in [3.05, 3.63) is 48.1 Å². The molecule has 0 bridgehead atoms. The van der Waals surface area contributed by atoms with E-state index >= 15 is 0 Å². The highest BCUT2D eigenvalue weighted by Crippen LogP contribution is 2.61. The predicted octanol–water partition coefficient (Wildman–Crippen LogP) is 9.05. The molecule has 320 valence electrons. The standard InChI is InChI=1S/C45H71N3O9/c1-6-9-10-11-12-13-14-15-16-21-29-54-44(52)48(4)40-32-38(47-53-5)36-30-33(22-17-19-26-49)35(23-18-20-27-50)41-37-31-34(56-43(51)46-8-3)24-25-39(37)57-45(40,42(36)41)55-28-7-2/h7,24-25,30-31,33,35,40-42,49-50H,2,6,8-23,26-29,32H2,1,3-5H3,(H,46,51)/t33-,35+,40-,41+,42+,45+/m0/s1. The van der Waals surface area contributed by atoms with Crippen LogP contribution >= 0.6 is 0 Å². The lowest BCUT2D eigenvalue weighted by Crippen LogP contribution is -2.69. The first-order valence-corrected chi connectivity index (χ1v) is 21.8. The van der Waals surface area contributed by atoms with Crippen LogP contribution in [0.2, 0.25) is 0 Å². The van der Waals surface area contributed by atoms with Crippen molar-refractivity contribution in [3.8, 4) is 11.5 Å². The number of hydrogen-bond acceptors (Lipinski definition) is 10. The van der Waals surface area contributed by atoms with Crippen molar-refractivity contribution in [2.75, 3.05) is 47.1 Å². The fourth-order valence-corrected chi connectivity index (χ4v) is 9.17. The molecule has 2 aliphatic carbocycles. The van der Waals surface area contributed by atoms with Crippen LogP contribution in [-0.4, -0.2) is 92.0 Å². The van der Waals surface area contributed by atoms with Crippen LogP contribution in [0.15, 0.2) is 47.7 Å². The Morgan fingerprint density at radius 1 is 0.982 bits per heavy atom. The maximum Gasteiger partial charge on any atom is 0.412 e. The highest BCUT2D eigenvalue weighted by molar-refractivity contribution is 6.02. The summed E-state index contributed by atoms with van der Waals surface area (Å²) in [5.74, 6) is -0.953. The number of carbonyl (C=O) groups is 2. The van der Waals surface area contributed by atoms with E-state index < -0.39 is 29.9 Å². The predicted molar refractivity (Wildman–Crippen MR) is 223 cm³/mol. The Kier molecular flexibility index (Phi) is 19.7. The molecule has 0 radical (unpaired) electrons. The molecule has 0 aromatic heterocycles. The summed E-state index contributed by atoms with van der Waals surface area (Å²) in [5.41, 5.74) is 2.50. The van der Waals surface area contributed by atoms with Crippen LogP contribution in [0.25, 0.3) is 0 Å². The second kappa shape index (κ2) is 24.3. The molecule has 1 heterocycles. The molecule has 1 aromatic rings. The average Bonchev–Trinajstić information content (AvgIpc) is 3.20. The first kappa shape index (κ1) is 46.1. The minimum atomic E-state index is -1.37. The zero-order valence-corrected chi connectivity index (χ0v) is 35.2. The first-order chi connectivity index (χ1) is 27.8. The van der Waals surface area contributed by atoms with E-state index in [9.17, 15) is 19.8 Å². The molecule has 1 fully saturated rings. The molecule has 1 aliphatic heterocycles. The second-order valence-electron chi connectivity index (χ2n) is 15.8. The minimum Gasteiger partial charge on any atom is -0.459 e. The largest absolute Gasteiger partial charge is 0.459 e. The molecule has 12 nitrogen and oxygen atoms in total. The van der Waals surface area contributed by atoms with Gasteiger partial charge in [0.1, 0.15) is 24.7 Å². The molecule has 3 N–H and O–H groups in total. The van der Waals surface area contributed by atoms with E-state index in [1.165, 1.54) is 52.1 Å². The molecular weight excluding hydrogens is 727 g/mol. The van der Waals surface area contributed by atoms with Gasteiger partial charge in [-0.3, -0.25) is 0 Å². The summed E-state index contributed by atoms with van der Waals surface area (Å²) in [5, 5.41) is 26.8. The van der Waals surface area contributed by atoms with Crippen molar-refractivity contribution in [2.24, 2.45) is 22.9 Å². The summed E-state index contributed by atoms with van der Waals surface area (Å²) in [6.07, 6.45) is 19.7. The van der Waals surface area contributed by atoms with Gasteiger partial charge in [0.15, 0.2) is 0 Å². The zero-order chi connectivity index (χ0) is 41.0. The van der Waals surface area contributed by atoms with E-state index in [1.54, 1.807) is 24.1 Å². The van der Waals surface area contributed by atoms with Crippen LogP contribution in [0, 0.1) is 17.8 Å². The van der Waals surface area contributed by atoms with Crippen molar-refractivity contribution in [2.45, 2.75) is 141 Å². The maximum absolute atomic E-state index is 14.0. The number of likely N-dealkylation sites (N-methyl/N-ethyl adjacent to an activating group) is 1. The van der Waals surface area contributed by atoms with E-state index in [2.05, 4.69) is 30.1 Å². The third-order valence-corrected chi connectivity index (χ3v) is 11.9. The lowest BCUT2D eigenvalue weighted by Gasteiger charge is -2.59. The van der Waals surface area contributed by atoms with E-state index in [0.717, 1.165) is 56.1 Å². The summed E-state index contributed by atoms with van der Waals surface area (Å²) in [6, 6.07) is 4.76. The number of carbonyl (C=O) groups excluding carboxylic acids is 2. The van der Waals surface area contributed by atoms with Gasteiger partial charge in [-0.2, -0.15) is 0 Å². The average molecular weight is 798 g/mol. The molecule has 2 amide bonds. The van der Waals surface area contributed by atoms with Crippen LogP contribution < -0.4 is 14.8 Å². The van der Waals surface area contributed by atoms with Crippen molar-refractivity contribution in [1.82, 2.24) is 10.2 Å². The van der Waals surface area contributed by atoms with Gasteiger partial charge >= 0.3 is 12.2 Å². The van der Waals surface area contributed by atoms with Gasteiger partial charge in [0.2, 0.25) is 5.79 Å². The highest BCUT2D eigenvalue weighted by atomic mass is 16.7. The third-order valence-electron chi connectivity index (χ3n) is 11.9. The smallest absolute Gasteiger partial charge is 0.412 e. The molecule has 6 atom stereocenters. The molecule has 12 heteroatoms. The van der Waals surface area contributed by atoms with Crippen molar-refractivity contribution in [3.63, 3.8) is 0 Å². The fourth-order valence-electron chi connectivity index (χ4n) is 9.17. The zero-order valence-electron chi connectivity index (χ0n) is 35.2. The SMILES string of the molecule is C=CCO[C@@]12Oc3ccc(OC(=O)NCC)cc3[C@H]3[C@H](CCCCO)[C@@H](CCCCO)C=C(C(=NOC)C[C@@H]1N(C)C(=O)OCCCCCCCCCCCC)[C@H]32. The monoisotopic (exact) mass is 798 g/mol. The van der Waals surface area contributed by atoms with E-state index in [0.29, 0.717) is 43.2 Å². The van der Waals surface area contributed by atoms with Gasteiger partial charge in [0.05, 0.1) is 24.8 Å². The number of aliphatic hydroxyl groups excluding tert-OH is 2. The summed E-state index contributed by atoms with van der Waals surface area (Å²) in [7, 11) is 3.26. The summed E-state index contributed by atoms with van der Waals surface area (Å²) < 4.78 is 25.6. The lowest BCUT2D eigenvalue weighted by atomic mass is 9.55. The van der Waals surface area contributed by atoms with Crippen LogP contribution in [0.1, 0.15) is 134 Å². The van der Waals surface area contributed by atoms with Gasteiger partial charge in [-0.05, 0) is 74.6 Å². The molecule has 57 heavy (non-hydrogen) atoms. The van der Waals surface area contributed by atoms with Crippen molar-refractivity contribution < 1.29 is 43.6 Å². The molecule has 3 aliphatic rings. The first-order valence-electron chi connectivity index (χ1n) is 21.8. The fraction of sp³-hybridized carbons (Fsp3) is 0.711. The number of allylic oxidation sites excluding steroid dienone is 1. The Bertz CT molecular complexity index is 1470. The number of hydrogen-bond donors (Lipinski definition) is 3. The van der Waals surface area contributed by atoms with E-state index in [4.69, 9.17) is 23.8 Å². The number of oxime groups is 1. The topological polar surface area (TPSA) is 148 Å². The summed E-state index contributed by atoms with van der Waals surface area (Å²) in [6.45, 7) is 9.15. The van der Waals surface area contributed by atoms with Gasteiger partial charge in [0, 0.05) is 44.7 Å². The lowest BCUT2D eigenvalue weighted by molar-refractivity contribution is -0.253. The molecule has 1 aromatic carbocycles. The summed E-state index contributed by atoms with van der Waals surface area (Å²) >= 11 is 0. The van der Waals surface area contributed by atoms with Gasteiger partial charge in [-0.15, -0.1) is 6.58 Å². The number of rotatable bonds is 26.